The third-order valence-corrected chi connectivity index (χ3v) is 6.97. The van der Waals surface area contributed by atoms with Crippen LogP contribution in [0.5, 0.6) is 0 Å². The summed E-state index contributed by atoms with van der Waals surface area (Å²) in [6.45, 7) is 9.03. The fourth-order valence-corrected chi connectivity index (χ4v) is 3.86. The average molecular weight is 451 g/mol. The first-order valence-electron chi connectivity index (χ1n) is 8.33. The number of hydrogen-bond donors (Lipinski definition) is 1. The van der Waals surface area contributed by atoms with Gasteiger partial charge < -0.3 is 28.4 Å². The minimum Gasteiger partial charge on any atom is -0.445 e. The van der Waals surface area contributed by atoms with Crippen molar-refractivity contribution in [2.45, 2.75) is 73.2 Å². The highest BCUT2D eigenvalue weighted by atomic mass is 35.6. The molecule has 0 aromatic carbocycles. The highest BCUT2D eigenvalue weighted by Crippen LogP contribution is 2.55. The van der Waals surface area contributed by atoms with Crippen molar-refractivity contribution in [3.8, 4) is 0 Å². The Morgan fingerprint density at radius 2 is 1.44 bits per heavy atom. The third-order valence-electron chi connectivity index (χ3n) is 6.46. The van der Waals surface area contributed by atoms with Crippen LogP contribution in [0.4, 0.5) is 0 Å². The summed E-state index contributed by atoms with van der Waals surface area (Å²) >= 11 is 17.4. The summed E-state index contributed by atoms with van der Waals surface area (Å²) in [6.07, 6.45) is -1.62. The molecule has 1 N–H and O–H groups in total. The van der Waals surface area contributed by atoms with Crippen molar-refractivity contribution in [1.29, 1.82) is 5.41 Å². The molecule has 1 rings (SSSR count). The van der Waals surface area contributed by atoms with Crippen molar-refractivity contribution in [3.63, 3.8) is 0 Å². The highest BCUT2D eigenvalue weighted by molar-refractivity contribution is 6.76. The molecular weight excluding hydrogens is 421 g/mol. The Morgan fingerprint density at radius 3 is 1.78 bits per heavy atom. The Bertz CT molecular complexity index is 561. The summed E-state index contributed by atoms with van der Waals surface area (Å²) in [5.74, 6) is -0.604. The van der Waals surface area contributed by atoms with E-state index in [1.165, 1.54) is 14.2 Å². The maximum Gasteiger partial charge on any atom is 0.265 e. The van der Waals surface area contributed by atoms with Gasteiger partial charge in [0, 0.05) is 28.4 Å². The quantitative estimate of drug-likeness (QED) is 0.377. The molecule has 27 heavy (non-hydrogen) atoms. The average Bonchev–Trinajstić information content (AvgIpc) is 2.62. The molecule has 1 heterocycles. The van der Waals surface area contributed by atoms with Gasteiger partial charge in [0.2, 0.25) is 12.2 Å². The monoisotopic (exact) mass is 449 g/mol. The Morgan fingerprint density at radius 1 is 0.963 bits per heavy atom. The van der Waals surface area contributed by atoms with Crippen molar-refractivity contribution in [3.05, 3.63) is 0 Å². The van der Waals surface area contributed by atoms with Gasteiger partial charge in [0.1, 0.15) is 16.8 Å². The van der Waals surface area contributed by atoms with Crippen LogP contribution in [-0.2, 0) is 28.4 Å². The lowest BCUT2D eigenvalue weighted by Crippen LogP contribution is -2.84. The molecule has 7 nitrogen and oxygen atoms in total. The minimum atomic E-state index is -2.06. The maximum atomic E-state index is 7.98. The Balaban J connectivity index is 3.65. The lowest BCUT2D eigenvalue weighted by atomic mass is 9.61. The van der Waals surface area contributed by atoms with Crippen LogP contribution in [0.1, 0.15) is 34.6 Å². The predicted octanol–water partition coefficient (Wildman–Crippen LogP) is 3.72. The number of nitrogens with one attached hydrogen (secondary N) is 1. The van der Waals surface area contributed by atoms with E-state index in [0.717, 1.165) is 0 Å². The van der Waals surface area contributed by atoms with E-state index in [0.29, 0.717) is 0 Å². The van der Waals surface area contributed by atoms with Gasteiger partial charge in [-0.1, -0.05) is 34.8 Å². The zero-order valence-electron chi connectivity index (χ0n) is 17.2. The molecule has 1 saturated heterocycles. The van der Waals surface area contributed by atoms with Gasteiger partial charge in [0.15, 0.2) is 5.60 Å². The van der Waals surface area contributed by atoms with Gasteiger partial charge in [-0.3, -0.25) is 5.41 Å². The number of halogens is 3. The number of hydrogen-bond acceptors (Lipinski definition) is 7. The van der Waals surface area contributed by atoms with E-state index < -0.39 is 44.5 Å². The van der Waals surface area contributed by atoms with Gasteiger partial charge in [-0.2, -0.15) is 0 Å². The summed E-state index contributed by atoms with van der Waals surface area (Å²) in [7, 11) is 6.13. The van der Waals surface area contributed by atoms with Gasteiger partial charge in [-0.15, -0.1) is 0 Å². The lowest BCUT2D eigenvalue weighted by molar-refractivity contribution is -0.426. The number of ether oxygens (including phenoxy) is 6. The summed E-state index contributed by atoms with van der Waals surface area (Å²) in [5, 5.41) is 7.98. The molecule has 6 unspecified atom stereocenters. The molecule has 0 radical (unpaired) electrons. The lowest BCUT2D eigenvalue weighted by Gasteiger charge is -2.66. The van der Waals surface area contributed by atoms with Gasteiger partial charge in [0.25, 0.3) is 3.79 Å². The Labute approximate surface area is 176 Å². The van der Waals surface area contributed by atoms with Crippen LogP contribution in [0.25, 0.3) is 0 Å². The molecule has 0 amide bonds. The molecule has 0 aromatic rings. The standard InChI is InChI=1S/C17H30Cl3NO6/c1-10(22-6)13(2)15(4,24-8)16(5,25-9)14(3,23-7)12(27-13)26-11(21)17(18,19)20/h10,12,21H,1-9H3. The summed E-state index contributed by atoms with van der Waals surface area (Å²) in [5.41, 5.74) is -4.52. The number of rotatable bonds is 6. The normalized spacial score (nSPS) is 41.3. The molecular formula is C17H30Cl3NO6. The van der Waals surface area contributed by atoms with Gasteiger partial charge >= 0.3 is 0 Å². The smallest absolute Gasteiger partial charge is 0.265 e. The third kappa shape index (κ3) is 3.59. The molecule has 6 atom stereocenters. The Hall–Kier alpha value is 0.140. The zero-order valence-corrected chi connectivity index (χ0v) is 19.5. The first-order valence-corrected chi connectivity index (χ1v) is 9.47. The van der Waals surface area contributed by atoms with E-state index in [2.05, 4.69) is 0 Å². The fourth-order valence-electron chi connectivity index (χ4n) is 3.72. The number of alkyl halides is 3. The zero-order chi connectivity index (χ0) is 21.5. The molecule has 1 fully saturated rings. The molecule has 0 aliphatic carbocycles. The molecule has 0 saturated carbocycles. The van der Waals surface area contributed by atoms with Crippen molar-refractivity contribution >= 4 is 40.7 Å². The summed E-state index contributed by atoms with van der Waals surface area (Å²) in [6, 6.07) is 0. The molecule has 0 spiro atoms. The van der Waals surface area contributed by atoms with E-state index in [1.54, 1.807) is 21.1 Å². The molecule has 1 aliphatic heterocycles. The first-order chi connectivity index (χ1) is 12.1. The second-order valence-electron chi connectivity index (χ2n) is 7.17. The predicted molar refractivity (Wildman–Crippen MR) is 105 cm³/mol. The van der Waals surface area contributed by atoms with Crippen molar-refractivity contribution < 1.29 is 28.4 Å². The van der Waals surface area contributed by atoms with E-state index in [9.17, 15) is 0 Å². The first kappa shape index (κ1) is 25.2. The number of methoxy groups -OCH3 is 4. The molecule has 10 heteroatoms. The second kappa shape index (κ2) is 8.11. The maximum absolute atomic E-state index is 7.98. The van der Waals surface area contributed by atoms with Crippen molar-refractivity contribution in [2.24, 2.45) is 0 Å². The van der Waals surface area contributed by atoms with Crippen LogP contribution < -0.4 is 0 Å². The van der Waals surface area contributed by atoms with Gasteiger partial charge in [0.05, 0.1) is 6.10 Å². The van der Waals surface area contributed by atoms with E-state index in [-0.39, 0.29) is 0 Å². The minimum absolute atomic E-state index is 0.452. The van der Waals surface area contributed by atoms with E-state index in [4.69, 9.17) is 68.6 Å². The van der Waals surface area contributed by atoms with Crippen LogP contribution in [0.2, 0.25) is 0 Å². The molecule has 0 bridgehead atoms. The van der Waals surface area contributed by atoms with Crippen LogP contribution in [-0.4, -0.2) is 72.9 Å². The van der Waals surface area contributed by atoms with E-state index in [1.807, 2.05) is 27.7 Å². The highest BCUT2D eigenvalue weighted by Gasteiger charge is 2.75. The largest absolute Gasteiger partial charge is 0.445 e. The van der Waals surface area contributed by atoms with Gasteiger partial charge in [-0.05, 0) is 34.6 Å². The van der Waals surface area contributed by atoms with Crippen LogP contribution >= 0.6 is 34.8 Å². The topological polar surface area (TPSA) is 79.2 Å². The second-order valence-corrected chi connectivity index (χ2v) is 9.45. The van der Waals surface area contributed by atoms with Crippen molar-refractivity contribution in [1.82, 2.24) is 0 Å². The molecule has 1 aliphatic rings. The Kier molecular flexibility index (Phi) is 7.56. The SMILES string of the molecule is COC(C)C1(C)OC(OC(=N)C(Cl)(Cl)Cl)C(C)(OC)C(C)(OC)C1(C)OC. The summed E-state index contributed by atoms with van der Waals surface area (Å²) in [4.78, 5) is 0. The fraction of sp³-hybridized carbons (Fsp3) is 0.941. The van der Waals surface area contributed by atoms with E-state index >= 15 is 0 Å². The van der Waals surface area contributed by atoms with Crippen LogP contribution in [0.3, 0.4) is 0 Å². The summed E-state index contributed by atoms with van der Waals surface area (Å²) < 4.78 is 33.1. The van der Waals surface area contributed by atoms with Crippen molar-refractivity contribution in [2.75, 3.05) is 28.4 Å². The van der Waals surface area contributed by atoms with Crippen LogP contribution in [0.15, 0.2) is 0 Å². The van der Waals surface area contributed by atoms with Crippen LogP contribution in [0, 0.1) is 5.41 Å². The molecule has 0 aromatic heterocycles. The van der Waals surface area contributed by atoms with Gasteiger partial charge in [-0.25, -0.2) is 0 Å². The molecule has 160 valence electrons.